The van der Waals surface area contributed by atoms with Crippen molar-refractivity contribution in [1.29, 1.82) is 0 Å². The van der Waals surface area contributed by atoms with Gasteiger partial charge in [-0.1, -0.05) is 22.5 Å². The van der Waals surface area contributed by atoms with Crippen LogP contribution in [-0.4, -0.2) is 50.6 Å². The van der Waals surface area contributed by atoms with E-state index in [9.17, 15) is 9.59 Å². The first-order valence-corrected chi connectivity index (χ1v) is 8.87. The number of nitrogens with one attached hydrogen (secondary N) is 1. The first-order valence-electron chi connectivity index (χ1n) is 8.08. The van der Waals surface area contributed by atoms with Gasteiger partial charge in [-0.05, 0) is 25.0 Å². The molecule has 0 aliphatic carbocycles. The fourth-order valence-electron chi connectivity index (χ4n) is 2.79. The topological polar surface area (TPSA) is 67.9 Å². The van der Waals surface area contributed by atoms with Gasteiger partial charge in [0, 0.05) is 41.7 Å². The van der Waals surface area contributed by atoms with E-state index >= 15 is 0 Å². The molecule has 1 N–H and O–H groups in total. The van der Waals surface area contributed by atoms with Crippen molar-refractivity contribution >= 4 is 27.7 Å². The monoisotopic (exact) mass is 410 g/mol. The molecule has 0 bridgehead atoms. The number of hydrogen-bond acceptors (Lipinski definition) is 4. The number of methoxy groups -OCH3 is 2. The summed E-state index contributed by atoms with van der Waals surface area (Å²) in [6, 6.07) is 5.13. The van der Waals surface area contributed by atoms with E-state index in [1.165, 1.54) is 0 Å². The van der Waals surface area contributed by atoms with E-state index in [0.717, 1.165) is 4.48 Å². The average molecular weight is 411 g/mol. The normalized spacial score (nSPS) is 14.8. The van der Waals surface area contributed by atoms with E-state index in [2.05, 4.69) is 27.8 Å². The van der Waals surface area contributed by atoms with E-state index in [-0.39, 0.29) is 17.7 Å². The Morgan fingerprint density at radius 2 is 1.76 bits per heavy atom. The van der Waals surface area contributed by atoms with Crippen molar-refractivity contribution in [3.63, 3.8) is 0 Å². The lowest BCUT2D eigenvalue weighted by Gasteiger charge is -2.31. The first-order chi connectivity index (χ1) is 11.9. The Bertz CT molecular complexity index is 632. The molecular weight excluding hydrogens is 388 g/mol. The minimum absolute atomic E-state index is 0.00995. The van der Waals surface area contributed by atoms with Crippen LogP contribution in [0.15, 0.2) is 29.3 Å². The predicted octanol–water partition coefficient (Wildman–Crippen LogP) is 2.58. The molecule has 7 heteroatoms. The number of ether oxygens (including phenoxy) is 2. The second kappa shape index (κ2) is 8.89. The minimum atomic E-state index is -0.0788. The van der Waals surface area contributed by atoms with Crippen LogP contribution >= 0.6 is 15.9 Å². The number of likely N-dealkylation sites (tertiary alicyclic amines) is 1. The summed E-state index contributed by atoms with van der Waals surface area (Å²) in [5.41, 5.74) is 0.523. The molecule has 0 atom stereocenters. The van der Waals surface area contributed by atoms with E-state index in [1.54, 1.807) is 37.3 Å². The van der Waals surface area contributed by atoms with Crippen molar-refractivity contribution in [2.75, 3.05) is 33.9 Å². The van der Waals surface area contributed by atoms with Crippen LogP contribution in [0.3, 0.4) is 0 Å². The molecule has 25 heavy (non-hydrogen) atoms. The second-order valence-electron chi connectivity index (χ2n) is 5.90. The Morgan fingerprint density at radius 1 is 1.20 bits per heavy atom. The van der Waals surface area contributed by atoms with E-state index in [0.29, 0.717) is 49.5 Å². The number of amides is 2. The Kier molecular flexibility index (Phi) is 6.87. The third kappa shape index (κ3) is 5.22. The van der Waals surface area contributed by atoms with E-state index in [1.807, 2.05) is 0 Å². The molecule has 1 saturated heterocycles. The summed E-state index contributed by atoms with van der Waals surface area (Å²) < 4.78 is 11.2. The maximum Gasteiger partial charge on any atom is 0.254 e. The Labute approximate surface area is 156 Å². The number of carbonyl (C=O) groups is 2. The van der Waals surface area contributed by atoms with Crippen LogP contribution in [0, 0.1) is 5.92 Å². The molecule has 1 fully saturated rings. The van der Waals surface area contributed by atoms with Gasteiger partial charge in [-0.15, -0.1) is 0 Å². The Balaban J connectivity index is 1.97. The molecule has 0 saturated carbocycles. The largest absolute Gasteiger partial charge is 0.497 e. The third-order valence-corrected chi connectivity index (χ3v) is 4.49. The summed E-state index contributed by atoms with van der Waals surface area (Å²) in [4.78, 5) is 26.6. The fraction of sp³-hybridized carbons (Fsp3) is 0.444. The van der Waals surface area contributed by atoms with Gasteiger partial charge in [-0.2, -0.15) is 0 Å². The molecule has 0 spiro atoms. The van der Waals surface area contributed by atoms with Crippen LogP contribution in [0.25, 0.3) is 0 Å². The van der Waals surface area contributed by atoms with Crippen LogP contribution in [-0.2, 0) is 4.79 Å². The summed E-state index contributed by atoms with van der Waals surface area (Å²) in [7, 11) is 3.10. The molecule has 1 aliphatic heterocycles. The molecule has 2 rings (SSSR count). The number of nitrogens with zero attached hydrogens (tertiary/aromatic N) is 1. The molecule has 136 valence electrons. The molecule has 1 aliphatic rings. The summed E-state index contributed by atoms with van der Waals surface area (Å²) >= 11 is 3.22. The fourth-order valence-corrected chi connectivity index (χ4v) is 2.93. The number of carbonyl (C=O) groups excluding carboxylic acids is 2. The summed E-state index contributed by atoms with van der Waals surface area (Å²) in [5, 5.41) is 2.84. The van der Waals surface area contributed by atoms with Gasteiger partial charge in [-0.25, -0.2) is 0 Å². The Morgan fingerprint density at radius 3 is 2.24 bits per heavy atom. The van der Waals surface area contributed by atoms with Crippen molar-refractivity contribution in [2.45, 2.75) is 12.8 Å². The van der Waals surface area contributed by atoms with Crippen molar-refractivity contribution in [3.8, 4) is 11.5 Å². The van der Waals surface area contributed by atoms with Gasteiger partial charge in [0.2, 0.25) is 5.91 Å². The van der Waals surface area contributed by atoms with Gasteiger partial charge in [0.1, 0.15) is 11.5 Å². The van der Waals surface area contributed by atoms with Gasteiger partial charge < -0.3 is 19.7 Å². The highest BCUT2D eigenvalue weighted by Crippen LogP contribution is 2.25. The highest BCUT2D eigenvalue weighted by Gasteiger charge is 2.28. The number of benzene rings is 1. The minimum Gasteiger partial charge on any atom is -0.497 e. The lowest BCUT2D eigenvalue weighted by Crippen LogP contribution is -2.43. The summed E-state index contributed by atoms with van der Waals surface area (Å²) in [6.07, 6.45) is 1.29. The van der Waals surface area contributed by atoms with Crippen LogP contribution in [0.1, 0.15) is 23.2 Å². The van der Waals surface area contributed by atoms with Crippen LogP contribution < -0.4 is 14.8 Å². The van der Waals surface area contributed by atoms with Gasteiger partial charge >= 0.3 is 0 Å². The van der Waals surface area contributed by atoms with Crippen molar-refractivity contribution in [2.24, 2.45) is 5.92 Å². The second-order valence-corrected chi connectivity index (χ2v) is 7.02. The quantitative estimate of drug-likeness (QED) is 0.782. The molecule has 0 aromatic heterocycles. The van der Waals surface area contributed by atoms with Gasteiger partial charge in [0.25, 0.3) is 5.91 Å². The molecule has 1 aromatic rings. The SMILES string of the molecule is C=C(Br)CNC(=O)C1CCN(C(=O)c2cc(OC)cc(OC)c2)CC1. The molecule has 6 nitrogen and oxygen atoms in total. The molecular formula is C18H23BrN2O4. The van der Waals surface area contributed by atoms with E-state index < -0.39 is 0 Å². The lowest BCUT2D eigenvalue weighted by molar-refractivity contribution is -0.126. The molecule has 1 heterocycles. The Hall–Kier alpha value is -2.02. The first kappa shape index (κ1) is 19.3. The maximum absolute atomic E-state index is 12.7. The van der Waals surface area contributed by atoms with Gasteiger partial charge in [0.05, 0.1) is 14.2 Å². The maximum atomic E-state index is 12.7. The standard InChI is InChI=1S/C18H23BrN2O4/c1-12(19)11-20-17(22)13-4-6-21(7-5-13)18(23)14-8-15(24-2)10-16(9-14)25-3/h8-10,13H,1,4-7,11H2,2-3H3,(H,20,22). The molecule has 0 radical (unpaired) electrons. The van der Waals surface area contributed by atoms with Crippen LogP contribution in [0.5, 0.6) is 11.5 Å². The average Bonchev–Trinajstić information content (AvgIpc) is 2.65. The van der Waals surface area contributed by atoms with Crippen LogP contribution in [0.4, 0.5) is 0 Å². The number of hydrogen-bond donors (Lipinski definition) is 1. The number of rotatable bonds is 6. The third-order valence-electron chi connectivity index (χ3n) is 4.21. The zero-order chi connectivity index (χ0) is 18.4. The zero-order valence-electron chi connectivity index (χ0n) is 14.5. The smallest absolute Gasteiger partial charge is 0.254 e. The van der Waals surface area contributed by atoms with Crippen molar-refractivity contribution in [3.05, 3.63) is 34.8 Å². The molecule has 2 amide bonds. The zero-order valence-corrected chi connectivity index (χ0v) is 16.1. The molecule has 0 unspecified atom stereocenters. The van der Waals surface area contributed by atoms with Crippen molar-refractivity contribution in [1.82, 2.24) is 10.2 Å². The van der Waals surface area contributed by atoms with Gasteiger partial charge in [0.15, 0.2) is 0 Å². The van der Waals surface area contributed by atoms with Crippen LogP contribution in [0.2, 0.25) is 0 Å². The summed E-state index contributed by atoms with van der Waals surface area (Å²) in [6.45, 7) is 5.21. The predicted molar refractivity (Wildman–Crippen MR) is 99.3 cm³/mol. The highest BCUT2D eigenvalue weighted by molar-refractivity contribution is 9.11. The molecule has 1 aromatic carbocycles. The lowest BCUT2D eigenvalue weighted by atomic mass is 9.95. The summed E-state index contributed by atoms with van der Waals surface area (Å²) in [5.74, 6) is 1.01. The highest BCUT2D eigenvalue weighted by atomic mass is 79.9. The van der Waals surface area contributed by atoms with Gasteiger partial charge in [-0.3, -0.25) is 9.59 Å². The number of piperidine rings is 1. The van der Waals surface area contributed by atoms with Crippen molar-refractivity contribution < 1.29 is 19.1 Å². The van der Waals surface area contributed by atoms with E-state index in [4.69, 9.17) is 9.47 Å². The number of halogens is 1.